The molecule has 21 heavy (non-hydrogen) atoms. The van der Waals surface area contributed by atoms with E-state index in [4.69, 9.17) is 17.3 Å². The highest BCUT2D eigenvalue weighted by Crippen LogP contribution is 2.43. The summed E-state index contributed by atoms with van der Waals surface area (Å²) in [6.45, 7) is 0. The standard InChI is InChI=1S/C19H14ClN/c20-19-11-13(21)8-9-17(19)16-7-3-6-15-14-5-2-1-4-12(14)10-18(15)16/h1-9,11H,10,21H2. The zero-order valence-corrected chi connectivity index (χ0v) is 12.2. The van der Waals surface area contributed by atoms with Crippen molar-refractivity contribution in [1.82, 2.24) is 0 Å². The Hall–Kier alpha value is -2.25. The summed E-state index contributed by atoms with van der Waals surface area (Å²) < 4.78 is 0. The van der Waals surface area contributed by atoms with E-state index in [1.807, 2.05) is 18.2 Å². The molecule has 0 atom stereocenters. The fourth-order valence-corrected chi connectivity index (χ4v) is 3.45. The number of rotatable bonds is 1. The molecule has 0 aliphatic heterocycles. The summed E-state index contributed by atoms with van der Waals surface area (Å²) in [5.74, 6) is 0. The number of anilines is 1. The molecule has 0 heterocycles. The Kier molecular flexibility index (Phi) is 2.76. The van der Waals surface area contributed by atoms with E-state index in [1.54, 1.807) is 0 Å². The van der Waals surface area contributed by atoms with Gasteiger partial charge in [0.05, 0.1) is 5.02 Å². The maximum Gasteiger partial charge on any atom is 0.0504 e. The molecular weight excluding hydrogens is 278 g/mol. The van der Waals surface area contributed by atoms with Gasteiger partial charge in [-0.15, -0.1) is 0 Å². The molecule has 3 aromatic rings. The molecule has 0 radical (unpaired) electrons. The molecule has 2 N–H and O–H groups in total. The molecule has 2 heteroatoms. The number of nitrogen functional groups attached to an aromatic ring is 1. The van der Waals surface area contributed by atoms with Crippen molar-refractivity contribution < 1.29 is 0 Å². The number of benzene rings is 3. The third-order valence-electron chi connectivity index (χ3n) is 4.13. The Balaban J connectivity index is 1.94. The molecule has 1 aliphatic carbocycles. The highest BCUT2D eigenvalue weighted by Gasteiger charge is 2.21. The van der Waals surface area contributed by atoms with Crippen molar-refractivity contribution >= 4 is 17.3 Å². The SMILES string of the molecule is Nc1ccc(-c2cccc3c2Cc2ccccc2-3)c(Cl)c1. The fourth-order valence-electron chi connectivity index (χ4n) is 3.16. The molecule has 1 aliphatic rings. The lowest BCUT2D eigenvalue weighted by Gasteiger charge is -2.11. The lowest BCUT2D eigenvalue weighted by atomic mass is 9.95. The summed E-state index contributed by atoms with van der Waals surface area (Å²) in [7, 11) is 0. The van der Waals surface area contributed by atoms with Crippen molar-refractivity contribution in [2.45, 2.75) is 6.42 Å². The molecule has 0 spiro atoms. The molecule has 4 rings (SSSR count). The van der Waals surface area contributed by atoms with Gasteiger partial charge in [-0.2, -0.15) is 0 Å². The van der Waals surface area contributed by atoms with Crippen molar-refractivity contribution in [3.8, 4) is 22.3 Å². The van der Waals surface area contributed by atoms with Crippen LogP contribution in [0, 0.1) is 0 Å². The summed E-state index contributed by atoms with van der Waals surface area (Å²) >= 11 is 6.40. The van der Waals surface area contributed by atoms with Crippen LogP contribution >= 0.6 is 11.6 Å². The quantitative estimate of drug-likeness (QED) is 0.482. The van der Waals surface area contributed by atoms with Crippen LogP contribution in [0.4, 0.5) is 5.69 Å². The molecular formula is C19H14ClN. The Morgan fingerprint density at radius 3 is 2.29 bits per heavy atom. The van der Waals surface area contributed by atoms with Gasteiger partial charge in [0.2, 0.25) is 0 Å². The molecule has 0 unspecified atom stereocenters. The van der Waals surface area contributed by atoms with Crippen molar-refractivity contribution in [3.63, 3.8) is 0 Å². The summed E-state index contributed by atoms with van der Waals surface area (Å²) in [6.07, 6.45) is 0.961. The summed E-state index contributed by atoms with van der Waals surface area (Å²) in [5.41, 5.74) is 14.1. The fraction of sp³-hybridized carbons (Fsp3) is 0.0526. The first kappa shape index (κ1) is 12.5. The Morgan fingerprint density at radius 1 is 0.762 bits per heavy atom. The van der Waals surface area contributed by atoms with Gasteiger partial charge in [0.15, 0.2) is 0 Å². The van der Waals surface area contributed by atoms with Crippen molar-refractivity contribution in [2.75, 3.05) is 5.73 Å². The molecule has 0 aromatic heterocycles. The second kappa shape index (κ2) is 4.64. The molecule has 0 amide bonds. The zero-order valence-electron chi connectivity index (χ0n) is 11.4. The smallest absolute Gasteiger partial charge is 0.0504 e. The molecule has 0 saturated heterocycles. The minimum atomic E-state index is 0.694. The molecule has 0 bridgehead atoms. The van der Waals surface area contributed by atoms with Gasteiger partial charge in [0.1, 0.15) is 0 Å². The first-order chi connectivity index (χ1) is 10.2. The molecule has 3 aromatic carbocycles. The minimum absolute atomic E-state index is 0.694. The Labute approximate surface area is 129 Å². The van der Waals surface area contributed by atoms with E-state index in [-0.39, 0.29) is 0 Å². The van der Waals surface area contributed by atoms with Crippen LogP contribution in [-0.4, -0.2) is 0 Å². The average molecular weight is 292 g/mol. The predicted molar refractivity (Wildman–Crippen MR) is 89.5 cm³/mol. The summed E-state index contributed by atoms with van der Waals surface area (Å²) in [4.78, 5) is 0. The van der Waals surface area contributed by atoms with E-state index in [0.717, 1.165) is 12.0 Å². The molecule has 102 valence electrons. The second-order valence-electron chi connectivity index (χ2n) is 5.40. The first-order valence-corrected chi connectivity index (χ1v) is 7.37. The van der Waals surface area contributed by atoms with Crippen LogP contribution in [0.15, 0.2) is 60.7 Å². The number of hydrogen-bond donors (Lipinski definition) is 1. The number of nitrogens with two attached hydrogens (primary N) is 1. The predicted octanol–water partition coefficient (Wildman–Crippen LogP) is 5.16. The van der Waals surface area contributed by atoms with E-state index in [1.165, 1.54) is 27.8 Å². The Bertz CT molecular complexity index is 852. The van der Waals surface area contributed by atoms with Gasteiger partial charge < -0.3 is 5.73 Å². The van der Waals surface area contributed by atoms with E-state index >= 15 is 0 Å². The number of hydrogen-bond acceptors (Lipinski definition) is 1. The molecule has 1 nitrogen and oxygen atoms in total. The van der Waals surface area contributed by atoms with Crippen LogP contribution in [-0.2, 0) is 6.42 Å². The first-order valence-electron chi connectivity index (χ1n) is 6.99. The van der Waals surface area contributed by atoms with E-state index in [0.29, 0.717) is 10.7 Å². The summed E-state index contributed by atoms with van der Waals surface area (Å²) in [5, 5.41) is 0.708. The van der Waals surface area contributed by atoms with Crippen LogP contribution in [0.3, 0.4) is 0 Å². The maximum atomic E-state index is 6.40. The van der Waals surface area contributed by atoms with Crippen LogP contribution in [0.25, 0.3) is 22.3 Å². The van der Waals surface area contributed by atoms with Gasteiger partial charge in [-0.1, -0.05) is 60.1 Å². The van der Waals surface area contributed by atoms with E-state index < -0.39 is 0 Å². The van der Waals surface area contributed by atoms with Gasteiger partial charge in [0.25, 0.3) is 0 Å². The highest BCUT2D eigenvalue weighted by molar-refractivity contribution is 6.33. The third-order valence-corrected chi connectivity index (χ3v) is 4.45. The minimum Gasteiger partial charge on any atom is -0.399 e. The van der Waals surface area contributed by atoms with Crippen molar-refractivity contribution in [1.29, 1.82) is 0 Å². The van der Waals surface area contributed by atoms with E-state index in [2.05, 4.69) is 42.5 Å². The van der Waals surface area contributed by atoms with Gasteiger partial charge in [0, 0.05) is 11.3 Å². The monoisotopic (exact) mass is 291 g/mol. The van der Waals surface area contributed by atoms with Crippen molar-refractivity contribution in [2.24, 2.45) is 0 Å². The highest BCUT2D eigenvalue weighted by atomic mass is 35.5. The van der Waals surface area contributed by atoms with Crippen LogP contribution in [0.1, 0.15) is 11.1 Å². The Morgan fingerprint density at radius 2 is 1.48 bits per heavy atom. The van der Waals surface area contributed by atoms with Gasteiger partial charge >= 0.3 is 0 Å². The lowest BCUT2D eigenvalue weighted by molar-refractivity contribution is 1.26. The molecule has 0 saturated carbocycles. The second-order valence-corrected chi connectivity index (χ2v) is 5.81. The lowest BCUT2D eigenvalue weighted by Crippen LogP contribution is -1.90. The van der Waals surface area contributed by atoms with Crippen LogP contribution in [0.5, 0.6) is 0 Å². The largest absolute Gasteiger partial charge is 0.399 e. The topological polar surface area (TPSA) is 26.0 Å². The van der Waals surface area contributed by atoms with Gasteiger partial charge in [-0.3, -0.25) is 0 Å². The maximum absolute atomic E-state index is 6.40. The summed E-state index contributed by atoms with van der Waals surface area (Å²) in [6, 6.07) is 20.7. The average Bonchev–Trinajstić information content (AvgIpc) is 2.86. The van der Waals surface area contributed by atoms with Crippen LogP contribution < -0.4 is 5.73 Å². The van der Waals surface area contributed by atoms with E-state index in [9.17, 15) is 0 Å². The van der Waals surface area contributed by atoms with Gasteiger partial charge in [-0.25, -0.2) is 0 Å². The normalized spacial score (nSPS) is 12.0. The molecule has 0 fully saturated rings. The number of fused-ring (bicyclic) bond motifs is 3. The van der Waals surface area contributed by atoms with Gasteiger partial charge in [-0.05, 0) is 46.4 Å². The number of halogens is 1. The van der Waals surface area contributed by atoms with Crippen molar-refractivity contribution in [3.05, 3.63) is 76.8 Å². The van der Waals surface area contributed by atoms with Crippen LogP contribution in [0.2, 0.25) is 5.02 Å². The third kappa shape index (κ3) is 1.93. The zero-order chi connectivity index (χ0) is 14.4.